The van der Waals surface area contributed by atoms with Gasteiger partial charge in [0.15, 0.2) is 0 Å². The lowest BCUT2D eigenvalue weighted by atomic mass is 10.0. The molecule has 0 bridgehead atoms. The van der Waals surface area contributed by atoms with E-state index in [0.717, 1.165) is 29.5 Å². The average molecular weight is 458 g/mol. The first-order valence-electron chi connectivity index (χ1n) is 10.5. The summed E-state index contributed by atoms with van der Waals surface area (Å²) in [5.41, 5.74) is 1.40. The molecule has 6 nitrogen and oxygen atoms in total. The molecule has 0 aliphatic heterocycles. The third kappa shape index (κ3) is 5.24. The zero-order chi connectivity index (χ0) is 24.3. The molecule has 1 aromatic heterocycles. The summed E-state index contributed by atoms with van der Waals surface area (Å²) in [5, 5.41) is 9.58. The zero-order valence-corrected chi connectivity index (χ0v) is 18.7. The Labute approximate surface area is 189 Å². The van der Waals surface area contributed by atoms with Crippen molar-refractivity contribution in [3.05, 3.63) is 82.9 Å². The monoisotopic (exact) mass is 458 g/mol. The molecule has 0 fully saturated rings. The van der Waals surface area contributed by atoms with Crippen molar-refractivity contribution in [2.75, 3.05) is 0 Å². The molecule has 0 aliphatic carbocycles. The Balaban J connectivity index is 1.75. The van der Waals surface area contributed by atoms with Gasteiger partial charge in [0, 0.05) is 11.3 Å². The normalized spacial score (nSPS) is 13.0. The van der Waals surface area contributed by atoms with Gasteiger partial charge in [-0.15, -0.1) is 0 Å². The second kappa shape index (κ2) is 9.89. The molecule has 2 N–H and O–H groups in total. The predicted octanol–water partition coefficient (Wildman–Crippen LogP) is 4.23. The van der Waals surface area contributed by atoms with Crippen LogP contribution in [0.2, 0.25) is 0 Å². The van der Waals surface area contributed by atoms with E-state index < -0.39 is 41.1 Å². The lowest BCUT2D eigenvalue weighted by Gasteiger charge is -2.24. The summed E-state index contributed by atoms with van der Waals surface area (Å²) < 4.78 is 42.8. The van der Waals surface area contributed by atoms with Crippen molar-refractivity contribution in [1.29, 1.82) is 0 Å². The molecule has 0 saturated heterocycles. The van der Waals surface area contributed by atoms with E-state index in [-0.39, 0.29) is 11.7 Å². The van der Waals surface area contributed by atoms with Gasteiger partial charge in [-0.1, -0.05) is 19.9 Å². The lowest BCUT2D eigenvalue weighted by molar-refractivity contribution is -0.124. The number of rotatable bonds is 7. The van der Waals surface area contributed by atoms with Gasteiger partial charge >= 0.3 is 0 Å². The third-order valence-electron chi connectivity index (χ3n) is 5.37. The van der Waals surface area contributed by atoms with E-state index in [1.54, 1.807) is 43.8 Å². The van der Waals surface area contributed by atoms with Gasteiger partial charge in [-0.25, -0.2) is 17.9 Å². The highest BCUT2D eigenvalue weighted by atomic mass is 19.1. The van der Waals surface area contributed by atoms with Gasteiger partial charge in [0.25, 0.3) is 5.91 Å². The number of benzene rings is 2. The van der Waals surface area contributed by atoms with Crippen LogP contribution < -0.4 is 10.6 Å². The average Bonchev–Trinajstić information content (AvgIpc) is 3.13. The van der Waals surface area contributed by atoms with Crippen LogP contribution in [0.15, 0.2) is 48.7 Å². The van der Waals surface area contributed by atoms with Gasteiger partial charge in [-0.2, -0.15) is 5.10 Å². The Kier molecular flexibility index (Phi) is 7.20. The van der Waals surface area contributed by atoms with Crippen molar-refractivity contribution < 1.29 is 22.8 Å². The number of nitrogens with one attached hydrogen (secondary N) is 2. The first-order valence-corrected chi connectivity index (χ1v) is 10.5. The summed E-state index contributed by atoms with van der Waals surface area (Å²) in [6, 6.07) is 7.46. The highest BCUT2D eigenvalue weighted by Crippen LogP contribution is 2.21. The van der Waals surface area contributed by atoms with E-state index in [1.165, 1.54) is 12.1 Å². The molecule has 0 radical (unpaired) electrons. The first kappa shape index (κ1) is 24.0. The van der Waals surface area contributed by atoms with E-state index in [4.69, 9.17) is 0 Å². The minimum Gasteiger partial charge on any atom is -0.348 e. The number of hydrogen-bond donors (Lipinski definition) is 2. The number of hydrogen-bond acceptors (Lipinski definition) is 3. The van der Waals surface area contributed by atoms with Crippen molar-refractivity contribution >= 4 is 11.8 Å². The molecule has 1 heterocycles. The summed E-state index contributed by atoms with van der Waals surface area (Å²) in [7, 11) is 0. The number of amides is 2. The Morgan fingerprint density at radius 1 is 0.939 bits per heavy atom. The largest absolute Gasteiger partial charge is 0.348 e. The van der Waals surface area contributed by atoms with Crippen LogP contribution in [0.25, 0.3) is 5.69 Å². The third-order valence-corrected chi connectivity index (χ3v) is 5.37. The molecule has 33 heavy (non-hydrogen) atoms. The molecule has 2 atom stereocenters. The highest BCUT2D eigenvalue weighted by molar-refractivity contribution is 5.98. The molecule has 2 unspecified atom stereocenters. The lowest BCUT2D eigenvalue weighted by Crippen LogP contribution is -2.50. The molecule has 3 aromatic rings. The molecule has 0 saturated carbocycles. The summed E-state index contributed by atoms with van der Waals surface area (Å²) in [6.07, 6.45) is 1.60. The Hall–Kier alpha value is -3.62. The Morgan fingerprint density at radius 3 is 2.12 bits per heavy atom. The quantitative estimate of drug-likeness (QED) is 0.556. The van der Waals surface area contributed by atoms with Crippen molar-refractivity contribution in [3.8, 4) is 5.69 Å². The van der Waals surface area contributed by atoms with Crippen LogP contribution >= 0.6 is 0 Å². The SMILES string of the molecule is Cc1c(C(C)NC(=O)C(NC(=O)c2c(F)cccc2F)C(C)C)cnn1-c1ccc(F)cc1. The summed E-state index contributed by atoms with van der Waals surface area (Å²) in [5.74, 6) is -4.23. The van der Waals surface area contributed by atoms with Crippen LogP contribution in [0.3, 0.4) is 0 Å². The fourth-order valence-corrected chi connectivity index (χ4v) is 3.53. The molecule has 2 aromatic carbocycles. The van der Waals surface area contributed by atoms with E-state index in [9.17, 15) is 22.8 Å². The van der Waals surface area contributed by atoms with E-state index in [2.05, 4.69) is 15.7 Å². The van der Waals surface area contributed by atoms with E-state index >= 15 is 0 Å². The zero-order valence-electron chi connectivity index (χ0n) is 18.7. The maximum atomic E-state index is 14.0. The van der Waals surface area contributed by atoms with Gasteiger partial charge < -0.3 is 10.6 Å². The van der Waals surface area contributed by atoms with Gasteiger partial charge in [0.05, 0.1) is 17.9 Å². The van der Waals surface area contributed by atoms with Crippen molar-refractivity contribution in [2.24, 2.45) is 5.92 Å². The minimum absolute atomic E-state index is 0.348. The second-order valence-electron chi connectivity index (χ2n) is 8.10. The van der Waals surface area contributed by atoms with Crippen LogP contribution in [-0.2, 0) is 4.79 Å². The number of carbonyl (C=O) groups excluding carboxylic acids is 2. The van der Waals surface area contributed by atoms with Crippen molar-refractivity contribution in [2.45, 2.75) is 39.8 Å². The molecular formula is C24H25F3N4O2. The number of halogens is 3. The van der Waals surface area contributed by atoms with E-state index in [1.807, 2.05) is 6.92 Å². The highest BCUT2D eigenvalue weighted by Gasteiger charge is 2.29. The van der Waals surface area contributed by atoms with E-state index in [0.29, 0.717) is 5.69 Å². The smallest absolute Gasteiger partial charge is 0.257 e. The molecule has 2 amide bonds. The summed E-state index contributed by atoms with van der Waals surface area (Å²) in [6.45, 7) is 7.00. The summed E-state index contributed by atoms with van der Waals surface area (Å²) >= 11 is 0. The Bertz CT molecular complexity index is 1140. The fourth-order valence-electron chi connectivity index (χ4n) is 3.53. The maximum absolute atomic E-state index is 14.0. The number of nitrogens with zero attached hydrogens (tertiary/aromatic N) is 2. The molecule has 0 spiro atoms. The van der Waals surface area contributed by atoms with Crippen LogP contribution in [0.1, 0.15) is 48.4 Å². The summed E-state index contributed by atoms with van der Waals surface area (Å²) in [4.78, 5) is 25.4. The van der Waals surface area contributed by atoms with Gasteiger partial charge in [-0.3, -0.25) is 9.59 Å². The molecular weight excluding hydrogens is 433 g/mol. The standard InChI is InChI=1S/C24H25F3N4O2/c1-13(2)22(30-23(32)21-19(26)6-5-7-20(21)27)24(33)29-14(3)18-12-28-31(15(18)4)17-10-8-16(25)9-11-17/h5-14,22H,1-4H3,(H,29,33)(H,30,32). The maximum Gasteiger partial charge on any atom is 0.257 e. The van der Waals surface area contributed by atoms with Gasteiger partial charge in [0.2, 0.25) is 5.91 Å². The fraction of sp³-hybridized carbons (Fsp3) is 0.292. The topological polar surface area (TPSA) is 76.0 Å². The molecule has 0 aliphatic rings. The van der Waals surface area contributed by atoms with Crippen molar-refractivity contribution in [1.82, 2.24) is 20.4 Å². The molecule has 3 rings (SSSR count). The van der Waals surface area contributed by atoms with Crippen LogP contribution in [0, 0.1) is 30.3 Å². The van der Waals surface area contributed by atoms with Crippen LogP contribution in [0.5, 0.6) is 0 Å². The van der Waals surface area contributed by atoms with Crippen molar-refractivity contribution in [3.63, 3.8) is 0 Å². The second-order valence-corrected chi connectivity index (χ2v) is 8.10. The molecule has 9 heteroatoms. The Morgan fingerprint density at radius 2 is 1.55 bits per heavy atom. The van der Waals surface area contributed by atoms with Gasteiger partial charge in [-0.05, 0) is 56.2 Å². The number of aromatic nitrogens is 2. The first-order chi connectivity index (χ1) is 15.6. The molecule has 174 valence electrons. The van der Waals surface area contributed by atoms with Crippen LogP contribution in [0.4, 0.5) is 13.2 Å². The minimum atomic E-state index is -1.02. The van der Waals surface area contributed by atoms with Crippen LogP contribution in [-0.4, -0.2) is 27.6 Å². The number of carbonyl (C=O) groups is 2. The predicted molar refractivity (Wildman–Crippen MR) is 117 cm³/mol. The van der Waals surface area contributed by atoms with Gasteiger partial charge in [0.1, 0.15) is 29.1 Å².